The molecule has 1 N–H and O–H groups in total. The number of nitrogens with zero attached hydrogens (tertiary/aromatic N) is 5. The number of rotatable bonds is 3. The van der Waals surface area contributed by atoms with Gasteiger partial charge in [-0.25, -0.2) is 9.97 Å². The number of likely N-dealkylation sites (tertiary alicyclic amines) is 1. The second-order valence-corrected chi connectivity index (χ2v) is 7.44. The Labute approximate surface area is 155 Å². The van der Waals surface area contributed by atoms with Crippen molar-refractivity contribution >= 4 is 5.96 Å². The summed E-state index contributed by atoms with van der Waals surface area (Å²) in [5.74, 6) is 4.59. The van der Waals surface area contributed by atoms with E-state index >= 15 is 0 Å². The van der Waals surface area contributed by atoms with Crippen molar-refractivity contribution in [1.29, 1.82) is 0 Å². The molecule has 138 valence electrons. The highest BCUT2D eigenvalue weighted by atomic mass is 15.3. The maximum absolute atomic E-state index is 4.57. The molecule has 2 aromatic heterocycles. The van der Waals surface area contributed by atoms with E-state index in [4.69, 9.17) is 0 Å². The molecule has 26 heavy (non-hydrogen) atoms. The van der Waals surface area contributed by atoms with Crippen LogP contribution in [0, 0.1) is 18.8 Å². The fourth-order valence-corrected chi connectivity index (χ4v) is 4.47. The standard InChI is InChI=1S/C20H28N6/c1-15-22-10-11-26(15)19-16(8-5-9-23-19)12-24-20(21-2)25-13-17-6-3-4-7-18(17)14-25/h5,8-11,17-18H,3-4,6-7,12-14H2,1-2H3,(H,21,24). The Morgan fingerprint density at radius 2 is 1.96 bits per heavy atom. The summed E-state index contributed by atoms with van der Waals surface area (Å²) in [4.78, 5) is 15.9. The van der Waals surface area contributed by atoms with E-state index in [9.17, 15) is 0 Å². The van der Waals surface area contributed by atoms with Crippen LogP contribution in [0.3, 0.4) is 0 Å². The smallest absolute Gasteiger partial charge is 0.193 e. The average molecular weight is 352 g/mol. The van der Waals surface area contributed by atoms with E-state index in [0.717, 1.165) is 48.1 Å². The summed E-state index contributed by atoms with van der Waals surface area (Å²) in [6, 6.07) is 4.10. The normalized spacial score (nSPS) is 23.2. The molecule has 0 spiro atoms. The van der Waals surface area contributed by atoms with Gasteiger partial charge in [0.2, 0.25) is 0 Å². The first-order valence-corrected chi connectivity index (χ1v) is 9.66. The SMILES string of the molecule is CN=C(NCc1cccnc1-n1ccnc1C)N1CC2CCCCC2C1. The average Bonchev–Trinajstić information content (AvgIpc) is 3.28. The molecule has 6 heteroatoms. The van der Waals surface area contributed by atoms with Gasteiger partial charge in [0, 0.05) is 50.8 Å². The van der Waals surface area contributed by atoms with Gasteiger partial charge < -0.3 is 10.2 Å². The number of aryl methyl sites for hydroxylation is 1. The van der Waals surface area contributed by atoms with Gasteiger partial charge in [-0.05, 0) is 37.7 Å². The zero-order valence-electron chi connectivity index (χ0n) is 15.7. The summed E-state index contributed by atoms with van der Waals surface area (Å²) in [6.07, 6.45) is 11.1. The number of hydrogen-bond donors (Lipinski definition) is 1. The Hall–Kier alpha value is -2.37. The number of guanidine groups is 1. The van der Waals surface area contributed by atoms with Crippen LogP contribution in [-0.4, -0.2) is 45.5 Å². The Bertz CT molecular complexity index is 766. The molecule has 2 fully saturated rings. The van der Waals surface area contributed by atoms with E-state index < -0.39 is 0 Å². The third-order valence-electron chi connectivity index (χ3n) is 5.85. The van der Waals surface area contributed by atoms with Crippen LogP contribution in [-0.2, 0) is 6.54 Å². The Morgan fingerprint density at radius 1 is 1.19 bits per heavy atom. The summed E-state index contributed by atoms with van der Waals surface area (Å²) >= 11 is 0. The van der Waals surface area contributed by atoms with Crippen LogP contribution in [0.15, 0.2) is 35.7 Å². The lowest BCUT2D eigenvalue weighted by atomic mass is 9.82. The fourth-order valence-electron chi connectivity index (χ4n) is 4.47. The molecule has 6 nitrogen and oxygen atoms in total. The van der Waals surface area contributed by atoms with Gasteiger partial charge in [0.1, 0.15) is 11.6 Å². The predicted molar refractivity (Wildman–Crippen MR) is 103 cm³/mol. The maximum Gasteiger partial charge on any atom is 0.193 e. The molecule has 3 heterocycles. The van der Waals surface area contributed by atoms with Gasteiger partial charge in [-0.3, -0.25) is 9.56 Å². The highest BCUT2D eigenvalue weighted by Gasteiger charge is 2.35. The third kappa shape index (κ3) is 3.32. The van der Waals surface area contributed by atoms with E-state index in [1.165, 1.54) is 25.7 Å². The lowest BCUT2D eigenvalue weighted by Crippen LogP contribution is -2.40. The monoisotopic (exact) mass is 352 g/mol. The molecule has 0 aromatic carbocycles. The third-order valence-corrected chi connectivity index (χ3v) is 5.85. The summed E-state index contributed by atoms with van der Waals surface area (Å²) < 4.78 is 2.03. The fraction of sp³-hybridized carbons (Fsp3) is 0.550. The van der Waals surface area contributed by atoms with Crippen molar-refractivity contribution in [3.05, 3.63) is 42.1 Å². The van der Waals surface area contributed by atoms with Crippen LogP contribution < -0.4 is 5.32 Å². The first-order chi connectivity index (χ1) is 12.8. The van der Waals surface area contributed by atoms with Gasteiger partial charge >= 0.3 is 0 Å². The minimum absolute atomic E-state index is 0.708. The van der Waals surface area contributed by atoms with Crippen LogP contribution in [0.4, 0.5) is 0 Å². The number of imidazole rings is 1. The highest BCUT2D eigenvalue weighted by molar-refractivity contribution is 5.80. The minimum atomic E-state index is 0.708. The Morgan fingerprint density at radius 3 is 2.62 bits per heavy atom. The van der Waals surface area contributed by atoms with Crippen molar-refractivity contribution in [2.24, 2.45) is 16.8 Å². The quantitative estimate of drug-likeness (QED) is 0.682. The molecule has 1 aliphatic heterocycles. The Balaban J connectivity index is 1.46. The summed E-state index contributed by atoms with van der Waals surface area (Å²) in [5.41, 5.74) is 1.14. The Kier molecular flexibility index (Phi) is 4.91. The number of aliphatic imine (C=N–C) groups is 1. The summed E-state index contributed by atoms with van der Waals surface area (Å²) in [5, 5.41) is 3.56. The van der Waals surface area contributed by atoms with E-state index in [1.54, 1.807) is 0 Å². The largest absolute Gasteiger partial charge is 0.352 e. The number of aromatic nitrogens is 3. The van der Waals surface area contributed by atoms with E-state index in [2.05, 4.69) is 31.2 Å². The number of pyridine rings is 1. The molecule has 2 atom stereocenters. The van der Waals surface area contributed by atoms with Crippen molar-refractivity contribution in [2.45, 2.75) is 39.2 Å². The summed E-state index contributed by atoms with van der Waals surface area (Å²) in [7, 11) is 1.88. The first kappa shape index (κ1) is 17.1. The van der Waals surface area contributed by atoms with Crippen LogP contribution >= 0.6 is 0 Å². The maximum atomic E-state index is 4.57. The van der Waals surface area contributed by atoms with Crippen LogP contribution in [0.1, 0.15) is 37.1 Å². The van der Waals surface area contributed by atoms with Crippen molar-refractivity contribution in [2.75, 3.05) is 20.1 Å². The second-order valence-electron chi connectivity index (χ2n) is 7.44. The molecule has 0 radical (unpaired) electrons. The van der Waals surface area contributed by atoms with Gasteiger partial charge in [-0.2, -0.15) is 0 Å². The molecule has 1 saturated heterocycles. The van der Waals surface area contributed by atoms with Gasteiger partial charge in [0.15, 0.2) is 5.96 Å². The predicted octanol–water partition coefficient (Wildman–Crippen LogP) is 2.77. The van der Waals surface area contributed by atoms with Gasteiger partial charge in [0.05, 0.1) is 0 Å². The molecular weight excluding hydrogens is 324 g/mol. The molecule has 2 unspecified atom stereocenters. The molecule has 0 bridgehead atoms. The zero-order chi connectivity index (χ0) is 17.9. The number of hydrogen-bond acceptors (Lipinski definition) is 3. The van der Waals surface area contributed by atoms with Crippen molar-refractivity contribution < 1.29 is 0 Å². The minimum Gasteiger partial charge on any atom is -0.352 e. The second kappa shape index (κ2) is 7.48. The van der Waals surface area contributed by atoms with E-state index in [-0.39, 0.29) is 0 Å². The number of fused-ring (bicyclic) bond motifs is 1. The number of nitrogens with one attached hydrogen (secondary N) is 1. The lowest BCUT2D eigenvalue weighted by Gasteiger charge is -2.22. The first-order valence-electron chi connectivity index (χ1n) is 9.66. The van der Waals surface area contributed by atoms with Crippen molar-refractivity contribution in [1.82, 2.24) is 24.8 Å². The van der Waals surface area contributed by atoms with Gasteiger partial charge in [-0.1, -0.05) is 18.9 Å². The van der Waals surface area contributed by atoms with Crippen molar-refractivity contribution in [3.8, 4) is 5.82 Å². The van der Waals surface area contributed by atoms with Crippen molar-refractivity contribution in [3.63, 3.8) is 0 Å². The molecule has 4 rings (SSSR count). The van der Waals surface area contributed by atoms with Gasteiger partial charge in [-0.15, -0.1) is 0 Å². The van der Waals surface area contributed by atoms with E-state index in [1.807, 2.05) is 43.2 Å². The van der Waals surface area contributed by atoms with E-state index in [0.29, 0.717) is 6.54 Å². The van der Waals surface area contributed by atoms with Gasteiger partial charge in [0.25, 0.3) is 0 Å². The van der Waals surface area contributed by atoms with Crippen LogP contribution in [0.25, 0.3) is 5.82 Å². The molecule has 0 amide bonds. The molecule has 2 aliphatic rings. The zero-order valence-corrected chi connectivity index (χ0v) is 15.7. The lowest BCUT2D eigenvalue weighted by molar-refractivity contribution is 0.299. The topological polar surface area (TPSA) is 58.3 Å². The molecule has 2 aromatic rings. The van der Waals surface area contributed by atoms with Crippen LogP contribution in [0.5, 0.6) is 0 Å². The molecular formula is C20H28N6. The highest BCUT2D eigenvalue weighted by Crippen LogP contribution is 2.35. The molecule has 1 saturated carbocycles. The van der Waals surface area contributed by atoms with Crippen LogP contribution in [0.2, 0.25) is 0 Å². The summed E-state index contributed by atoms with van der Waals surface area (Å²) in [6.45, 7) is 4.99. The molecule has 1 aliphatic carbocycles.